The second-order valence-corrected chi connectivity index (χ2v) is 4.67. The zero-order valence-electron chi connectivity index (χ0n) is 10.0. The van der Waals surface area contributed by atoms with Gasteiger partial charge in [-0.1, -0.05) is 23.2 Å². The zero-order chi connectivity index (χ0) is 12.8. The van der Waals surface area contributed by atoms with Crippen molar-refractivity contribution >= 4 is 23.2 Å². The Kier molecular flexibility index (Phi) is 6.06. The Morgan fingerprint density at radius 2 is 2.06 bits per heavy atom. The Bertz CT molecular complexity index is 372. The number of phenols is 1. The van der Waals surface area contributed by atoms with Crippen LogP contribution < -0.4 is 0 Å². The van der Waals surface area contributed by atoms with Crippen molar-refractivity contribution in [2.75, 3.05) is 26.8 Å². The molecule has 0 radical (unpaired) electrons. The van der Waals surface area contributed by atoms with Crippen molar-refractivity contribution in [2.24, 2.45) is 0 Å². The van der Waals surface area contributed by atoms with Gasteiger partial charge in [-0.3, -0.25) is 4.90 Å². The van der Waals surface area contributed by atoms with Crippen molar-refractivity contribution in [3.63, 3.8) is 0 Å². The molecule has 0 bridgehead atoms. The molecule has 0 aromatic heterocycles. The predicted octanol–water partition coefficient (Wildman–Crippen LogP) is 3.17. The van der Waals surface area contributed by atoms with Gasteiger partial charge in [0.1, 0.15) is 5.75 Å². The van der Waals surface area contributed by atoms with Gasteiger partial charge in [0, 0.05) is 30.3 Å². The maximum atomic E-state index is 9.79. The van der Waals surface area contributed by atoms with Crippen molar-refractivity contribution in [3.8, 4) is 5.75 Å². The zero-order valence-corrected chi connectivity index (χ0v) is 11.6. The van der Waals surface area contributed by atoms with E-state index < -0.39 is 0 Å². The van der Waals surface area contributed by atoms with Gasteiger partial charge in [-0.05, 0) is 26.1 Å². The van der Waals surface area contributed by atoms with Gasteiger partial charge in [0.15, 0.2) is 0 Å². The molecular formula is C12H17Cl2NO2. The van der Waals surface area contributed by atoms with Crippen LogP contribution in [0.5, 0.6) is 5.75 Å². The van der Waals surface area contributed by atoms with Crippen molar-refractivity contribution < 1.29 is 9.84 Å². The molecule has 0 unspecified atom stereocenters. The van der Waals surface area contributed by atoms with Crippen LogP contribution in [-0.2, 0) is 11.3 Å². The maximum Gasteiger partial charge on any atom is 0.138 e. The summed E-state index contributed by atoms with van der Waals surface area (Å²) in [5.41, 5.74) is 0.724. The molecule has 17 heavy (non-hydrogen) atoms. The summed E-state index contributed by atoms with van der Waals surface area (Å²) in [5, 5.41) is 10.6. The first-order chi connectivity index (χ1) is 8.04. The number of benzene rings is 1. The lowest BCUT2D eigenvalue weighted by Crippen LogP contribution is -2.22. The van der Waals surface area contributed by atoms with Gasteiger partial charge in [-0.2, -0.15) is 0 Å². The predicted molar refractivity (Wildman–Crippen MR) is 71.0 cm³/mol. The smallest absolute Gasteiger partial charge is 0.138 e. The number of ether oxygens (including phenoxy) is 1. The SMILES string of the molecule is CCOCCN(C)Cc1cc(Cl)cc(Cl)c1O. The highest BCUT2D eigenvalue weighted by Crippen LogP contribution is 2.31. The Hall–Kier alpha value is -0.480. The monoisotopic (exact) mass is 277 g/mol. The second-order valence-electron chi connectivity index (χ2n) is 3.83. The molecular weight excluding hydrogens is 261 g/mol. The number of hydrogen-bond donors (Lipinski definition) is 1. The normalized spacial score (nSPS) is 11.1. The van der Waals surface area contributed by atoms with Gasteiger partial charge < -0.3 is 9.84 Å². The van der Waals surface area contributed by atoms with E-state index >= 15 is 0 Å². The van der Waals surface area contributed by atoms with E-state index in [1.165, 1.54) is 6.07 Å². The molecule has 0 aliphatic carbocycles. The molecule has 0 aliphatic heterocycles. The van der Waals surface area contributed by atoms with Crippen molar-refractivity contribution in [3.05, 3.63) is 27.7 Å². The third-order valence-corrected chi connectivity index (χ3v) is 2.88. The summed E-state index contributed by atoms with van der Waals surface area (Å²) < 4.78 is 5.26. The van der Waals surface area contributed by atoms with Crippen molar-refractivity contribution in [1.82, 2.24) is 4.90 Å². The molecule has 0 aliphatic rings. The first-order valence-corrected chi connectivity index (χ1v) is 6.23. The number of rotatable bonds is 6. The summed E-state index contributed by atoms with van der Waals surface area (Å²) in [6.07, 6.45) is 0. The summed E-state index contributed by atoms with van der Waals surface area (Å²) in [4.78, 5) is 2.04. The number of phenolic OH excluding ortho intramolecular Hbond substituents is 1. The van der Waals surface area contributed by atoms with E-state index in [2.05, 4.69) is 0 Å². The minimum absolute atomic E-state index is 0.0966. The largest absolute Gasteiger partial charge is 0.506 e. The van der Waals surface area contributed by atoms with Gasteiger partial charge in [-0.25, -0.2) is 0 Å². The van der Waals surface area contributed by atoms with Crippen LogP contribution in [0.2, 0.25) is 10.0 Å². The fourth-order valence-electron chi connectivity index (χ4n) is 1.47. The summed E-state index contributed by atoms with van der Waals surface area (Å²) in [7, 11) is 1.95. The Morgan fingerprint density at radius 1 is 1.35 bits per heavy atom. The van der Waals surface area contributed by atoms with Crippen molar-refractivity contribution in [1.29, 1.82) is 0 Å². The molecule has 0 atom stereocenters. The standard InChI is InChI=1S/C12H17Cl2NO2/c1-3-17-5-4-15(2)8-9-6-10(13)7-11(14)12(9)16/h6-7,16H,3-5,8H2,1-2H3. The van der Waals surface area contributed by atoms with Gasteiger partial charge in [0.05, 0.1) is 11.6 Å². The summed E-state index contributed by atoms with van der Waals surface area (Å²) in [6, 6.07) is 3.25. The first-order valence-electron chi connectivity index (χ1n) is 5.47. The van der Waals surface area contributed by atoms with Crippen molar-refractivity contribution in [2.45, 2.75) is 13.5 Å². The number of nitrogens with zero attached hydrogens (tertiary/aromatic N) is 1. The van der Waals surface area contributed by atoms with E-state index in [4.69, 9.17) is 27.9 Å². The van der Waals surface area contributed by atoms with Gasteiger partial charge >= 0.3 is 0 Å². The molecule has 1 aromatic rings. The number of aromatic hydroxyl groups is 1. The Balaban J connectivity index is 2.61. The molecule has 0 heterocycles. The average Bonchev–Trinajstić information content (AvgIpc) is 2.25. The van der Waals surface area contributed by atoms with Crippen LogP contribution in [0.1, 0.15) is 12.5 Å². The molecule has 96 valence electrons. The summed E-state index contributed by atoms with van der Waals surface area (Å²) >= 11 is 11.7. The Labute approximate surface area is 112 Å². The minimum atomic E-state index is 0.0966. The van der Waals surface area contributed by atoms with E-state index in [9.17, 15) is 5.11 Å². The molecule has 5 heteroatoms. The molecule has 0 fully saturated rings. The Morgan fingerprint density at radius 3 is 2.71 bits per heavy atom. The van der Waals surface area contributed by atoms with Crippen LogP contribution in [0.3, 0.4) is 0 Å². The number of hydrogen-bond acceptors (Lipinski definition) is 3. The van der Waals surface area contributed by atoms with Crippen LogP contribution in [0.25, 0.3) is 0 Å². The highest BCUT2D eigenvalue weighted by atomic mass is 35.5. The minimum Gasteiger partial charge on any atom is -0.506 e. The number of likely N-dealkylation sites (N-methyl/N-ethyl adjacent to an activating group) is 1. The fraction of sp³-hybridized carbons (Fsp3) is 0.500. The molecule has 1 N–H and O–H groups in total. The molecule has 0 amide bonds. The molecule has 0 saturated carbocycles. The fourth-order valence-corrected chi connectivity index (χ4v) is 2.01. The van der Waals surface area contributed by atoms with Crippen LogP contribution >= 0.6 is 23.2 Å². The first kappa shape index (κ1) is 14.6. The van der Waals surface area contributed by atoms with Gasteiger partial charge in [0.25, 0.3) is 0 Å². The molecule has 3 nitrogen and oxygen atoms in total. The highest BCUT2D eigenvalue weighted by Gasteiger charge is 2.10. The topological polar surface area (TPSA) is 32.7 Å². The third-order valence-electron chi connectivity index (χ3n) is 2.37. The van der Waals surface area contributed by atoms with E-state index in [0.717, 1.165) is 12.1 Å². The third kappa shape index (κ3) is 4.72. The maximum absolute atomic E-state index is 9.79. The highest BCUT2D eigenvalue weighted by molar-refractivity contribution is 6.35. The lowest BCUT2D eigenvalue weighted by molar-refractivity contribution is 0.120. The van der Waals surface area contributed by atoms with Crippen LogP contribution in [0, 0.1) is 0 Å². The van der Waals surface area contributed by atoms with Gasteiger partial charge in [-0.15, -0.1) is 0 Å². The quantitative estimate of drug-likeness (QED) is 0.811. The molecule has 0 saturated heterocycles. The lowest BCUT2D eigenvalue weighted by Gasteiger charge is -2.17. The summed E-state index contributed by atoms with van der Waals surface area (Å²) in [5.74, 6) is 0.0966. The molecule has 0 spiro atoms. The van der Waals surface area contributed by atoms with E-state index in [1.807, 2.05) is 18.9 Å². The van der Waals surface area contributed by atoms with Crippen LogP contribution in [0.4, 0.5) is 0 Å². The van der Waals surface area contributed by atoms with E-state index in [1.54, 1.807) is 6.07 Å². The molecule has 1 aromatic carbocycles. The molecule has 1 rings (SSSR count). The second kappa shape index (κ2) is 7.07. The van der Waals surface area contributed by atoms with Crippen LogP contribution in [0.15, 0.2) is 12.1 Å². The van der Waals surface area contributed by atoms with Gasteiger partial charge in [0.2, 0.25) is 0 Å². The average molecular weight is 278 g/mol. The lowest BCUT2D eigenvalue weighted by atomic mass is 10.2. The van der Waals surface area contributed by atoms with E-state index in [-0.39, 0.29) is 10.8 Å². The number of halogens is 2. The summed E-state index contributed by atoms with van der Waals surface area (Å²) in [6.45, 7) is 4.71. The van der Waals surface area contributed by atoms with Crippen LogP contribution in [-0.4, -0.2) is 36.8 Å². The van der Waals surface area contributed by atoms with E-state index in [0.29, 0.717) is 24.8 Å².